The molecule has 0 saturated carbocycles. The zero-order valence-electron chi connectivity index (χ0n) is 41.4. The minimum absolute atomic E-state index is 0.0780. The molecular weight excluding hydrogens is 769 g/mol. The summed E-state index contributed by atoms with van der Waals surface area (Å²) < 4.78 is 16.8. The summed E-state index contributed by atoms with van der Waals surface area (Å²) in [5.74, 6) is -0.887. The minimum Gasteiger partial charge on any atom is -0.462 e. The Morgan fingerprint density at radius 1 is 0.323 bits per heavy atom. The molecule has 0 unspecified atom stereocenters. The van der Waals surface area contributed by atoms with Crippen molar-refractivity contribution in [3.05, 3.63) is 36.5 Å². The lowest BCUT2D eigenvalue weighted by Crippen LogP contribution is -2.30. The van der Waals surface area contributed by atoms with Gasteiger partial charge in [0.25, 0.3) is 0 Å². The number of carbonyl (C=O) groups excluding carboxylic acids is 3. The number of hydrogen-bond donors (Lipinski definition) is 0. The summed E-state index contributed by atoms with van der Waals surface area (Å²) in [7, 11) is 0. The SMILES string of the molecule is CCCCC/C=C/C/C=C/CCCCCCCC(=O)OC[C@@H](COC(=O)CCCCCCC/C=C/CCCCCCC)OC(=O)CCCCCCCCCCCCCCCCC. The molecule has 0 saturated heterocycles. The summed E-state index contributed by atoms with van der Waals surface area (Å²) in [6, 6.07) is 0. The van der Waals surface area contributed by atoms with Crippen molar-refractivity contribution < 1.29 is 28.6 Å². The molecular formula is C56H102O6. The number of carbonyl (C=O) groups is 3. The molecule has 6 nitrogen and oxygen atoms in total. The Morgan fingerprint density at radius 3 is 0.935 bits per heavy atom. The van der Waals surface area contributed by atoms with E-state index in [-0.39, 0.29) is 31.1 Å². The van der Waals surface area contributed by atoms with E-state index in [1.165, 1.54) is 161 Å². The highest BCUT2D eigenvalue weighted by molar-refractivity contribution is 5.71. The number of allylic oxidation sites excluding steroid dienone is 6. The zero-order valence-corrected chi connectivity index (χ0v) is 41.4. The van der Waals surface area contributed by atoms with E-state index in [2.05, 4.69) is 57.2 Å². The third-order valence-corrected chi connectivity index (χ3v) is 11.9. The predicted octanol–water partition coefficient (Wildman–Crippen LogP) is 17.7. The number of hydrogen-bond acceptors (Lipinski definition) is 6. The summed E-state index contributed by atoms with van der Waals surface area (Å²) in [4.78, 5) is 38.0. The molecule has 62 heavy (non-hydrogen) atoms. The molecule has 1 atom stereocenters. The van der Waals surface area contributed by atoms with E-state index in [9.17, 15) is 14.4 Å². The molecule has 0 aromatic carbocycles. The van der Waals surface area contributed by atoms with Crippen LogP contribution in [-0.4, -0.2) is 37.2 Å². The van der Waals surface area contributed by atoms with Crippen LogP contribution in [0.2, 0.25) is 0 Å². The molecule has 0 aliphatic rings. The Labute approximate surface area is 385 Å². The molecule has 6 heteroatoms. The molecule has 0 radical (unpaired) electrons. The third kappa shape index (κ3) is 48.7. The normalized spacial score (nSPS) is 12.2. The van der Waals surface area contributed by atoms with Crippen LogP contribution in [0.15, 0.2) is 36.5 Å². The van der Waals surface area contributed by atoms with Gasteiger partial charge in [0, 0.05) is 19.3 Å². The fourth-order valence-electron chi connectivity index (χ4n) is 7.76. The Bertz CT molecular complexity index is 1050. The highest BCUT2D eigenvalue weighted by atomic mass is 16.6. The fourth-order valence-corrected chi connectivity index (χ4v) is 7.76. The highest BCUT2D eigenvalue weighted by Gasteiger charge is 2.19. The van der Waals surface area contributed by atoms with E-state index in [1.54, 1.807) is 0 Å². The summed E-state index contributed by atoms with van der Waals surface area (Å²) in [5, 5.41) is 0. The van der Waals surface area contributed by atoms with E-state index in [1.807, 2.05) is 0 Å². The molecule has 0 aliphatic carbocycles. The van der Waals surface area contributed by atoms with Crippen LogP contribution in [0.1, 0.15) is 284 Å². The van der Waals surface area contributed by atoms with E-state index in [0.717, 1.165) is 83.5 Å². The molecule has 0 N–H and O–H groups in total. The maximum Gasteiger partial charge on any atom is 0.306 e. The second kappa shape index (κ2) is 51.3. The van der Waals surface area contributed by atoms with E-state index >= 15 is 0 Å². The van der Waals surface area contributed by atoms with Crippen LogP contribution in [0.3, 0.4) is 0 Å². The van der Waals surface area contributed by atoms with Crippen molar-refractivity contribution in [3.63, 3.8) is 0 Å². The van der Waals surface area contributed by atoms with Gasteiger partial charge >= 0.3 is 17.9 Å². The highest BCUT2D eigenvalue weighted by Crippen LogP contribution is 2.16. The first-order chi connectivity index (χ1) is 30.5. The summed E-state index contributed by atoms with van der Waals surface area (Å²) in [6.45, 7) is 6.61. The molecule has 0 bridgehead atoms. The predicted molar refractivity (Wildman–Crippen MR) is 266 cm³/mol. The topological polar surface area (TPSA) is 78.9 Å². The molecule has 0 aliphatic heterocycles. The van der Waals surface area contributed by atoms with Gasteiger partial charge in [-0.05, 0) is 77.0 Å². The second-order valence-corrected chi connectivity index (χ2v) is 18.1. The second-order valence-electron chi connectivity index (χ2n) is 18.1. The zero-order chi connectivity index (χ0) is 45.1. The number of ether oxygens (including phenoxy) is 3. The number of rotatable bonds is 49. The van der Waals surface area contributed by atoms with Gasteiger partial charge in [-0.15, -0.1) is 0 Å². The molecule has 0 amide bonds. The maximum atomic E-state index is 12.8. The van der Waals surface area contributed by atoms with Gasteiger partial charge in [0.2, 0.25) is 0 Å². The third-order valence-electron chi connectivity index (χ3n) is 11.9. The van der Waals surface area contributed by atoms with Crippen molar-refractivity contribution in [2.45, 2.75) is 290 Å². The summed E-state index contributed by atoms with van der Waals surface area (Å²) in [5.41, 5.74) is 0. The molecule has 0 rings (SSSR count). The minimum atomic E-state index is -0.777. The first kappa shape index (κ1) is 59.6. The van der Waals surface area contributed by atoms with Crippen molar-refractivity contribution in [2.75, 3.05) is 13.2 Å². The van der Waals surface area contributed by atoms with Crippen LogP contribution < -0.4 is 0 Å². The molecule has 362 valence electrons. The quantitative estimate of drug-likeness (QED) is 0.0262. The average molecular weight is 871 g/mol. The van der Waals surface area contributed by atoms with E-state index < -0.39 is 6.10 Å². The van der Waals surface area contributed by atoms with Crippen LogP contribution in [-0.2, 0) is 28.6 Å². The smallest absolute Gasteiger partial charge is 0.306 e. The van der Waals surface area contributed by atoms with Gasteiger partial charge in [-0.1, -0.05) is 224 Å². The van der Waals surface area contributed by atoms with Crippen LogP contribution in [0.4, 0.5) is 0 Å². The molecule has 0 fully saturated rings. The molecule has 0 heterocycles. The first-order valence-electron chi connectivity index (χ1n) is 27.0. The van der Waals surface area contributed by atoms with Gasteiger partial charge in [0.05, 0.1) is 0 Å². The molecule has 0 spiro atoms. The largest absolute Gasteiger partial charge is 0.462 e. The van der Waals surface area contributed by atoms with E-state index in [0.29, 0.717) is 19.3 Å². The lowest BCUT2D eigenvalue weighted by Gasteiger charge is -2.18. The maximum absolute atomic E-state index is 12.8. The fraction of sp³-hybridized carbons (Fsp3) is 0.839. The van der Waals surface area contributed by atoms with Crippen molar-refractivity contribution in [1.29, 1.82) is 0 Å². The Balaban J connectivity index is 4.38. The van der Waals surface area contributed by atoms with Gasteiger partial charge in [-0.3, -0.25) is 14.4 Å². The van der Waals surface area contributed by atoms with Crippen molar-refractivity contribution in [2.24, 2.45) is 0 Å². The Morgan fingerprint density at radius 2 is 0.581 bits per heavy atom. The van der Waals surface area contributed by atoms with Crippen molar-refractivity contribution in [1.82, 2.24) is 0 Å². The van der Waals surface area contributed by atoms with Gasteiger partial charge in [-0.2, -0.15) is 0 Å². The summed E-state index contributed by atoms with van der Waals surface area (Å²) in [6.07, 6.45) is 59.8. The van der Waals surface area contributed by atoms with Crippen LogP contribution in [0.25, 0.3) is 0 Å². The van der Waals surface area contributed by atoms with Crippen LogP contribution in [0, 0.1) is 0 Å². The van der Waals surface area contributed by atoms with Crippen molar-refractivity contribution >= 4 is 17.9 Å². The van der Waals surface area contributed by atoms with Gasteiger partial charge in [-0.25, -0.2) is 0 Å². The number of esters is 3. The van der Waals surface area contributed by atoms with E-state index in [4.69, 9.17) is 14.2 Å². The lowest BCUT2D eigenvalue weighted by molar-refractivity contribution is -0.167. The van der Waals surface area contributed by atoms with Crippen LogP contribution >= 0.6 is 0 Å². The number of unbranched alkanes of at least 4 members (excludes halogenated alkanes) is 32. The summed E-state index contributed by atoms with van der Waals surface area (Å²) >= 11 is 0. The Kier molecular flexibility index (Phi) is 49.3. The van der Waals surface area contributed by atoms with Crippen molar-refractivity contribution in [3.8, 4) is 0 Å². The monoisotopic (exact) mass is 871 g/mol. The van der Waals surface area contributed by atoms with Crippen LogP contribution in [0.5, 0.6) is 0 Å². The first-order valence-corrected chi connectivity index (χ1v) is 27.0. The molecule has 0 aromatic heterocycles. The lowest BCUT2D eigenvalue weighted by atomic mass is 10.0. The average Bonchev–Trinajstić information content (AvgIpc) is 3.27. The Hall–Kier alpha value is -2.37. The standard InChI is InChI=1S/C56H102O6/c1-4-7-10-13-16-19-22-25-28-31-34-37-40-43-46-49-55(58)61-52-53(51-60-54(57)48-45-42-39-36-33-30-27-24-21-18-15-12-9-6-3)62-56(59)50-47-44-41-38-35-32-29-26-23-20-17-14-11-8-5-2/h16,19,24-25,27-28,53H,4-15,17-18,20-23,26,29-52H2,1-3H3/b19-16+,27-24+,28-25+/t53-/m1/s1. The van der Waals surface area contributed by atoms with Gasteiger partial charge in [0.1, 0.15) is 13.2 Å². The molecule has 0 aromatic rings. The van der Waals surface area contributed by atoms with Gasteiger partial charge < -0.3 is 14.2 Å². The van der Waals surface area contributed by atoms with Gasteiger partial charge in [0.15, 0.2) is 6.10 Å².